The second-order valence-corrected chi connectivity index (χ2v) is 7.58. The molecule has 0 radical (unpaired) electrons. The third kappa shape index (κ3) is 4.22. The summed E-state index contributed by atoms with van der Waals surface area (Å²) < 4.78 is 0. The van der Waals surface area contributed by atoms with Crippen LogP contribution in [-0.2, 0) is 9.59 Å². The van der Waals surface area contributed by atoms with Gasteiger partial charge in [-0.15, -0.1) is 0 Å². The van der Waals surface area contributed by atoms with Crippen molar-refractivity contribution in [3.05, 3.63) is 0 Å². The summed E-state index contributed by atoms with van der Waals surface area (Å²) in [6.45, 7) is 9.81. The van der Waals surface area contributed by atoms with Crippen LogP contribution in [0.25, 0.3) is 0 Å². The zero-order chi connectivity index (χ0) is 15.6. The Morgan fingerprint density at radius 1 is 1.40 bits per heavy atom. The van der Waals surface area contributed by atoms with Gasteiger partial charge in [-0.2, -0.15) is 0 Å². The number of aliphatic carboxylic acids is 1. The highest BCUT2D eigenvalue weighted by molar-refractivity contribution is 5.85. The molecule has 4 nitrogen and oxygen atoms in total. The quantitative estimate of drug-likeness (QED) is 0.814. The largest absolute Gasteiger partial charge is 0.481 e. The first-order valence-electron chi connectivity index (χ1n) is 7.59. The van der Waals surface area contributed by atoms with Crippen LogP contribution in [0.1, 0.15) is 66.7 Å². The van der Waals surface area contributed by atoms with E-state index >= 15 is 0 Å². The van der Waals surface area contributed by atoms with Crippen LogP contribution in [0.2, 0.25) is 0 Å². The van der Waals surface area contributed by atoms with Crippen LogP contribution in [0, 0.1) is 16.7 Å². The standard InChI is InChI=1S/C16H29NO3/c1-11(2)16(5,14(19)20)10-13(18)17-12-7-6-8-15(3,4)9-12/h11-12H,6-10H2,1-5H3,(H,17,18)(H,19,20). The first kappa shape index (κ1) is 17.0. The SMILES string of the molecule is CC(C)C(C)(CC(=O)NC1CCCC(C)(C)C1)C(=O)O. The fourth-order valence-electron chi connectivity index (χ4n) is 2.96. The van der Waals surface area contributed by atoms with E-state index in [2.05, 4.69) is 19.2 Å². The molecule has 0 spiro atoms. The number of hydrogen-bond donors (Lipinski definition) is 2. The summed E-state index contributed by atoms with van der Waals surface area (Å²) in [4.78, 5) is 23.6. The molecule has 0 aromatic carbocycles. The minimum Gasteiger partial charge on any atom is -0.481 e. The monoisotopic (exact) mass is 283 g/mol. The molecule has 0 aliphatic heterocycles. The van der Waals surface area contributed by atoms with E-state index in [1.54, 1.807) is 6.92 Å². The molecule has 1 aliphatic rings. The Morgan fingerprint density at radius 3 is 2.45 bits per heavy atom. The lowest BCUT2D eigenvalue weighted by Crippen LogP contribution is -2.44. The maximum Gasteiger partial charge on any atom is 0.310 e. The topological polar surface area (TPSA) is 66.4 Å². The predicted octanol–water partition coefficient (Wildman–Crippen LogP) is 3.21. The number of amides is 1. The molecular formula is C16H29NO3. The zero-order valence-electron chi connectivity index (χ0n) is 13.5. The van der Waals surface area contributed by atoms with Crippen molar-refractivity contribution in [1.29, 1.82) is 0 Å². The number of carboxylic acid groups (broad SMARTS) is 1. The summed E-state index contributed by atoms with van der Waals surface area (Å²) in [5.74, 6) is -1.11. The molecular weight excluding hydrogens is 254 g/mol. The van der Waals surface area contributed by atoms with Gasteiger partial charge in [0.15, 0.2) is 0 Å². The molecule has 0 saturated heterocycles. The summed E-state index contributed by atoms with van der Waals surface area (Å²) in [5, 5.41) is 12.4. The van der Waals surface area contributed by atoms with Crippen molar-refractivity contribution in [3.8, 4) is 0 Å². The maximum absolute atomic E-state index is 12.2. The van der Waals surface area contributed by atoms with E-state index in [0.29, 0.717) is 0 Å². The molecule has 1 aliphatic carbocycles. The van der Waals surface area contributed by atoms with Crippen molar-refractivity contribution in [2.75, 3.05) is 0 Å². The third-order valence-corrected chi connectivity index (χ3v) is 4.86. The average Bonchev–Trinajstić information content (AvgIpc) is 2.26. The third-order valence-electron chi connectivity index (χ3n) is 4.86. The molecule has 0 heterocycles. The lowest BCUT2D eigenvalue weighted by atomic mass is 9.74. The molecule has 0 aromatic heterocycles. The van der Waals surface area contributed by atoms with Crippen LogP contribution in [-0.4, -0.2) is 23.0 Å². The van der Waals surface area contributed by atoms with Gasteiger partial charge in [0, 0.05) is 12.5 Å². The number of hydrogen-bond acceptors (Lipinski definition) is 2. The van der Waals surface area contributed by atoms with E-state index in [1.807, 2.05) is 13.8 Å². The van der Waals surface area contributed by atoms with Gasteiger partial charge in [-0.1, -0.05) is 34.1 Å². The minimum absolute atomic E-state index is 0.0525. The van der Waals surface area contributed by atoms with Crippen LogP contribution in [0.4, 0.5) is 0 Å². The van der Waals surface area contributed by atoms with Crippen LogP contribution in [0.3, 0.4) is 0 Å². The van der Waals surface area contributed by atoms with Crippen molar-refractivity contribution in [2.24, 2.45) is 16.7 Å². The second-order valence-electron chi connectivity index (χ2n) is 7.58. The lowest BCUT2D eigenvalue weighted by Gasteiger charge is -2.36. The molecule has 1 rings (SSSR count). The normalized spacial score (nSPS) is 25.0. The second kappa shape index (κ2) is 6.15. The fourth-order valence-corrected chi connectivity index (χ4v) is 2.96. The molecule has 2 unspecified atom stereocenters. The fraction of sp³-hybridized carbons (Fsp3) is 0.875. The van der Waals surface area contributed by atoms with Crippen LogP contribution in [0.15, 0.2) is 0 Å². The molecule has 4 heteroatoms. The number of carbonyl (C=O) groups excluding carboxylic acids is 1. The van der Waals surface area contributed by atoms with Gasteiger partial charge in [0.2, 0.25) is 5.91 Å². The minimum atomic E-state index is -0.992. The lowest BCUT2D eigenvalue weighted by molar-refractivity contribution is -0.153. The first-order valence-corrected chi connectivity index (χ1v) is 7.59. The van der Waals surface area contributed by atoms with Gasteiger partial charge >= 0.3 is 5.97 Å². The maximum atomic E-state index is 12.2. The highest BCUT2D eigenvalue weighted by atomic mass is 16.4. The van der Waals surface area contributed by atoms with Crippen LogP contribution in [0.5, 0.6) is 0 Å². The van der Waals surface area contributed by atoms with Gasteiger partial charge in [0.25, 0.3) is 0 Å². The predicted molar refractivity (Wildman–Crippen MR) is 79.4 cm³/mol. The van der Waals surface area contributed by atoms with Gasteiger partial charge in [0.1, 0.15) is 0 Å². The highest BCUT2D eigenvalue weighted by Gasteiger charge is 2.39. The molecule has 1 fully saturated rings. The van der Waals surface area contributed by atoms with Gasteiger partial charge in [-0.3, -0.25) is 9.59 Å². The number of nitrogens with one attached hydrogen (secondary N) is 1. The molecule has 1 saturated carbocycles. The molecule has 116 valence electrons. The molecule has 2 N–H and O–H groups in total. The number of rotatable bonds is 5. The number of carboxylic acids is 1. The molecule has 0 bridgehead atoms. The van der Waals surface area contributed by atoms with E-state index in [0.717, 1.165) is 19.3 Å². The van der Waals surface area contributed by atoms with E-state index in [9.17, 15) is 14.7 Å². The number of carbonyl (C=O) groups is 2. The zero-order valence-corrected chi connectivity index (χ0v) is 13.5. The Balaban J connectivity index is 2.61. The Labute approximate surface area is 122 Å². The Bertz CT molecular complexity index is 376. The van der Waals surface area contributed by atoms with E-state index in [-0.39, 0.29) is 29.7 Å². The van der Waals surface area contributed by atoms with Crippen molar-refractivity contribution in [2.45, 2.75) is 72.8 Å². The van der Waals surface area contributed by atoms with E-state index in [1.165, 1.54) is 6.42 Å². The van der Waals surface area contributed by atoms with Crippen LogP contribution >= 0.6 is 0 Å². The van der Waals surface area contributed by atoms with E-state index < -0.39 is 11.4 Å². The Kier molecular flexibility index (Phi) is 5.22. The molecule has 2 atom stereocenters. The molecule has 20 heavy (non-hydrogen) atoms. The van der Waals surface area contributed by atoms with Gasteiger partial charge < -0.3 is 10.4 Å². The Hall–Kier alpha value is -1.06. The first-order chi connectivity index (χ1) is 9.07. The average molecular weight is 283 g/mol. The van der Waals surface area contributed by atoms with Gasteiger partial charge in [-0.25, -0.2) is 0 Å². The van der Waals surface area contributed by atoms with Crippen molar-refractivity contribution in [3.63, 3.8) is 0 Å². The summed E-state index contributed by atoms with van der Waals surface area (Å²) in [5.41, 5.74) is -0.724. The summed E-state index contributed by atoms with van der Waals surface area (Å²) in [6, 6.07) is 0.191. The smallest absolute Gasteiger partial charge is 0.310 e. The van der Waals surface area contributed by atoms with Crippen LogP contribution < -0.4 is 5.32 Å². The van der Waals surface area contributed by atoms with Crippen molar-refractivity contribution in [1.82, 2.24) is 5.32 Å². The summed E-state index contributed by atoms with van der Waals surface area (Å²) in [6.07, 6.45) is 4.35. The van der Waals surface area contributed by atoms with Crippen molar-refractivity contribution >= 4 is 11.9 Å². The van der Waals surface area contributed by atoms with E-state index in [4.69, 9.17) is 0 Å². The summed E-state index contributed by atoms with van der Waals surface area (Å²) >= 11 is 0. The molecule has 0 aromatic rings. The highest BCUT2D eigenvalue weighted by Crippen LogP contribution is 2.36. The van der Waals surface area contributed by atoms with Gasteiger partial charge in [0.05, 0.1) is 5.41 Å². The Morgan fingerprint density at radius 2 is 2.00 bits per heavy atom. The summed E-state index contributed by atoms with van der Waals surface area (Å²) in [7, 11) is 0. The van der Waals surface area contributed by atoms with Crippen molar-refractivity contribution < 1.29 is 14.7 Å². The van der Waals surface area contributed by atoms with Gasteiger partial charge in [-0.05, 0) is 37.5 Å². The molecule has 1 amide bonds.